The summed E-state index contributed by atoms with van der Waals surface area (Å²) in [5.41, 5.74) is -0.741. The van der Waals surface area contributed by atoms with Gasteiger partial charge in [-0.15, -0.1) is 0 Å². The quantitative estimate of drug-likeness (QED) is 0.677. The second-order valence-electron chi connectivity index (χ2n) is 7.19. The maximum atomic E-state index is 13.5. The zero-order valence-corrected chi connectivity index (χ0v) is 16.2. The van der Waals surface area contributed by atoms with Gasteiger partial charge in [0.2, 0.25) is 5.91 Å². The minimum atomic E-state index is -4.72. The van der Waals surface area contributed by atoms with Gasteiger partial charge < -0.3 is 15.5 Å². The molecule has 1 unspecified atom stereocenters. The van der Waals surface area contributed by atoms with Gasteiger partial charge in [-0.3, -0.25) is 4.79 Å². The molecule has 1 fully saturated rings. The minimum Gasteiger partial charge on any atom is -0.326 e. The van der Waals surface area contributed by atoms with Crippen LogP contribution in [0.3, 0.4) is 0 Å². The van der Waals surface area contributed by atoms with E-state index in [-0.39, 0.29) is 17.5 Å². The SMILES string of the molecule is CC(=O)Nc1ccc(NC(=O)N2CCCC2Cc2cccc(F)c2)c(C(F)(F)F)c1. The second-order valence-corrected chi connectivity index (χ2v) is 7.19. The molecule has 0 aliphatic carbocycles. The normalized spacial score (nSPS) is 16.4. The predicted octanol–water partition coefficient (Wildman–Crippen LogP) is 5.04. The van der Waals surface area contributed by atoms with Crippen molar-refractivity contribution >= 4 is 23.3 Å². The van der Waals surface area contributed by atoms with Crippen molar-refractivity contribution in [3.05, 3.63) is 59.4 Å². The number of hydrogen-bond acceptors (Lipinski definition) is 2. The van der Waals surface area contributed by atoms with Crippen LogP contribution in [0.5, 0.6) is 0 Å². The maximum Gasteiger partial charge on any atom is 0.418 e. The highest BCUT2D eigenvalue weighted by molar-refractivity contribution is 5.92. The van der Waals surface area contributed by atoms with Crippen LogP contribution < -0.4 is 10.6 Å². The van der Waals surface area contributed by atoms with Gasteiger partial charge in [0.15, 0.2) is 0 Å². The summed E-state index contributed by atoms with van der Waals surface area (Å²) >= 11 is 0. The van der Waals surface area contributed by atoms with E-state index in [9.17, 15) is 27.2 Å². The number of anilines is 2. The first-order valence-electron chi connectivity index (χ1n) is 9.44. The molecule has 0 radical (unpaired) electrons. The summed E-state index contributed by atoms with van der Waals surface area (Å²) in [7, 11) is 0. The zero-order valence-electron chi connectivity index (χ0n) is 16.2. The average Bonchev–Trinajstić information content (AvgIpc) is 3.10. The molecule has 2 aromatic rings. The van der Waals surface area contributed by atoms with Crippen molar-refractivity contribution in [2.24, 2.45) is 0 Å². The molecule has 1 aliphatic rings. The summed E-state index contributed by atoms with van der Waals surface area (Å²) in [6, 6.07) is 8.35. The Morgan fingerprint density at radius 1 is 1.13 bits per heavy atom. The highest BCUT2D eigenvalue weighted by Crippen LogP contribution is 2.37. The van der Waals surface area contributed by atoms with Crippen LogP contribution in [0.2, 0.25) is 0 Å². The number of likely N-dealkylation sites (tertiary alicyclic amines) is 1. The molecular formula is C21H21F4N3O2. The lowest BCUT2D eigenvalue weighted by Crippen LogP contribution is -2.40. The van der Waals surface area contributed by atoms with Crippen molar-refractivity contribution in [2.45, 2.75) is 38.4 Å². The lowest BCUT2D eigenvalue weighted by atomic mass is 10.0. The number of alkyl halides is 3. The zero-order chi connectivity index (χ0) is 21.9. The van der Waals surface area contributed by atoms with Crippen LogP contribution in [-0.4, -0.2) is 29.4 Å². The summed E-state index contributed by atoms with van der Waals surface area (Å²) in [5, 5.41) is 4.65. The fourth-order valence-electron chi connectivity index (χ4n) is 3.61. The first kappa shape index (κ1) is 21.6. The van der Waals surface area contributed by atoms with Gasteiger partial charge >= 0.3 is 12.2 Å². The summed E-state index contributed by atoms with van der Waals surface area (Å²) in [6.45, 7) is 1.59. The summed E-state index contributed by atoms with van der Waals surface area (Å²) in [4.78, 5) is 25.3. The predicted molar refractivity (Wildman–Crippen MR) is 105 cm³/mol. The third kappa shape index (κ3) is 5.28. The van der Waals surface area contributed by atoms with E-state index in [1.165, 1.54) is 30.0 Å². The van der Waals surface area contributed by atoms with E-state index < -0.39 is 29.4 Å². The Kier molecular flexibility index (Phi) is 6.28. The van der Waals surface area contributed by atoms with Crippen LogP contribution in [0.4, 0.5) is 33.7 Å². The number of carbonyl (C=O) groups excluding carboxylic acids is 2. The molecule has 1 heterocycles. The topological polar surface area (TPSA) is 61.4 Å². The van der Waals surface area contributed by atoms with Gasteiger partial charge in [-0.25, -0.2) is 9.18 Å². The molecule has 3 amide bonds. The molecule has 0 bridgehead atoms. The first-order valence-corrected chi connectivity index (χ1v) is 9.44. The van der Waals surface area contributed by atoms with E-state index in [0.29, 0.717) is 25.8 Å². The highest BCUT2D eigenvalue weighted by atomic mass is 19.4. The first-order chi connectivity index (χ1) is 14.1. The standard InChI is InChI=1S/C21H21F4N3O2/c1-13(29)26-16-7-8-19(18(12-16)21(23,24)25)27-20(30)28-9-3-6-17(28)11-14-4-2-5-15(22)10-14/h2,4-5,7-8,10,12,17H,3,6,9,11H2,1H3,(H,26,29)(H,27,30). The van der Waals surface area contributed by atoms with Crippen LogP contribution in [0.25, 0.3) is 0 Å². The minimum absolute atomic E-state index is 0.0158. The molecule has 5 nitrogen and oxygen atoms in total. The van der Waals surface area contributed by atoms with E-state index in [1.54, 1.807) is 12.1 Å². The van der Waals surface area contributed by atoms with Crippen molar-refractivity contribution in [2.75, 3.05) is 17.2 Å². The second kappa shape index (κ2) is 8.73. The van der Waals surface area contributed by atoms with Crippen LogP contribution in [0.1, 0.15) is 30.9 Å². The third-order valence-corrected chi connectivity index (χ3v) is 4.89. The fraction of sp³-hybridized carbons (Fsp3) is 0.333. The molecule has 2 aromatic carbocycles. The molecule has 1 saturated heterocycles. The summed E-state index contributed by atoms with van der Waals surface area (Å²) in [6.07, 6.45) is -2.92. The van der Waals surface area contributed by atoms with Gasteiger partial charge in [-0.1, -0.05) is 12.1 Å². The summed E-state index contributed by atoms with van der Waals surface area (Å²) in [5.74, 6) is -0.882. The van der Waals surface area contributed by atoms with E-state index in [2.05, 4.69) is 10.6 Å². The van der Waals surface area contributed by atoms with Gasteiger partial charge in [0.25, 0.3) is 0 Å². The Morgan fingerprint density at radius 2 is 1.90 bits per heavy atom. The molecule has 2 N–H and O–H groups in total. The van der Waals surface area contributed by atoms with Crippen LogP contribution >= 0.6 is 0 Å². The van der Waals surface area contributed by atoms with Gasteiger partial charge in [0.05, 0.1) is 11.3 Å². The Bertz CT molecular complexity index is 946. The lowest BCUT2D eigenvalue weighted by molar-refractivity contribution is -0.137. The van der Waals surface area contributed by atoms with Crippen molar-refractivity contribution in [1.29, 1.82) is 0 Å². The van der Waals surface area contributed by atoms with Crippen LogP contribution in [0.15, 0.2) is 42.5 Å². The number of halogens is 4. The maximum absolute atomic E-state index is 13.5. The number of nitrogens with one attached hydrogen (secondary N) is 2. The number of amides is 3. The molecule has 0 aromatic heterocycles. The van der Waals surface area contributed by atoms with E-state index in [1.807, 2.05) is 0 Å². The molecule has 1 atom stereocenters. The molecule has 160 valence electrons. The molecule has 0 spiro atoms. The molecule has 0 saturated carbocycles. The molecule has 3 rings (SSSR count). The van der Waals surface area contributed by atoms with Gasteiger partial charge in [0.1, 0.15) is 5.82 Å². The number of hydrogen-bond donors (Lipinski definition) is 2. The van der Waals surface area contributed by atoms with Crippen molar-refractivity contribution in [3.8, 4) is 0 Å². The number of carbonyl (C=O) groups is 2. The Morgan fingerprint density at radius 3 is 2.57 bits per heavy atom. The monoisotopic (exact) mass is 423 g/mol. The third-order valence-electron chi connectivity index (χ3n) is 4.89. The highest BCUT2D eigenvalue weighted by Gasteiger charge is 2.36. The van der Waals surface area contributed by atoms with Crippen LogP contribution in [-0.2, 0) is 17.4 Å². The molecule has 9 heteroatoms. The number of benzene rings is 2. The lowest BCUT2D eigenvalue weighted by Gasteiger charge is -2.26. The van der Waals surface area contributed by atoms with Gasteiger partial charge in [-0.2, -0.15) is 13.2 Å². The largest absolute Gasteiger partial charge is 0.418 e. The van der Waals surface area contributed by atoms with Crippen molar-refractivity contribution < 1.29 is 27.2 Å². The molecule has 30 heavy (non-hydrogen) atoms. The van der Waals surface area contributed by atoms with E-state index >= 15 is 0 Å². The Balaban J connectivity index is 1.78. The Hall–Kier alpha value is -3.10. The fourth-order valence-corrected chi connectivity index (χ4v) is 3.61. The summed E-state index contributed by atoms with van der Waals surface area (Å²) < 4.78 is 53.9. The van der Waals surface area contributed by atoms with Gasteiger partial charge in [-0.05, 0) is 55.2 Å². The molecular weight excluding hydrogens is 402 g/mol. The van der Waals surface area contributed by atoms with Crippen molar-refractivity contribution in [3.63, 3.8) is 0 Å². The number of rotatable bonds is 4. The van der Waals surface area contributed by atoms with Crippen LogP contribution in [0, 0.1) is 5.82 Å². The average molecular weight is 423 g/mol. The number of nitrogens with zero attached hydrogens (tertiary/aromatic N) is 1. The van der Waals surface area contributed by atoms with E-state index in [0.717, 1.165) is 17.7 Å². The van der Waals surface area contributed by atoms with E-state index in [4.69, 9.17) is 0 Å². The number of urea groups is 1. The Labute approximate surface area is 171 Å². The smallest absolute Gasteiger partial charge is 0.326 e. The van der Waals surface area contributed by atoms with Gasteiger partial charge in [0, 0.05) is 25.2 Å². The molecule has 1 aliphatic heterocycles. The van der Waals surface area contributed by atoms with Crippen molar-refractivity contribution in [1.82, 2.24) is 4.90 Å².